The monoisotopic (exact) mass is 353 g/mol. The van der Waals surface area contributed by atoms with Crippen LogP contribution in [0.1, 0.15) is 50.5 Å². The van der Waals surface area contributed by atoms with Gasteiger partial charge in [0.2, 0.25) is 0 Å². The number of nitrogens with two attached hydrogens (primary N) is 1. The van der Waals surface area contributed by atoms with Crippen LogP contribution in [0.2, 0.25) is 0 Å². The molecule has 0 aliphatic heterocycles. The van der Waals surface area contributed by atoms with E-state index in [0.717, 1.165) is 23.8 Å². The zero-order chi connectivity index (χ0) is 14.8. The predicted octanol–water partition coefficient (Wildman–Crippen LogP) is 5.06. The van der Waals surface area contributed by atoms with Crippen LogP contribution in [0.5, 0.6) is 0 Å². The molecule has 3 heteroatoms. The minimum Gasteiger partial charge on any atom is -0.327 e. The quantitative estimate of drug-likeness (QED) is 0.806. The number of fused-ring (bicyclic) bond motifs is 1. The molecular weight excluding hydrogens is 329 g/mol. The molecule has 21 heavy (non-hydrogen) atoms. The van der Waals surface area contributed by atoms with Crippen molar-refractivity contribution in [2.75, 3.05) is 0 Å². The van der Waals surface area contributed by atoms with Crippen molar-refractivity contribution in [1.29, 1.82) is 0 Å². The summed E-state index contributed by atoms with van der Waals surface area (Å²) >= 11 is 3.36. The molecule has 0 spiro atoms. The summed E-state index contributed by atoms with van der Waals surface area (Å²) in [5, 5.41) is 0. The molecule has 3 rings (SSSR count). The van der Waals surface area contributed by atoms with Gasteiger partial charge in [0.25, 0.3) is 0 Å². The molecule has 2 fully saturated rings. The van der Waals surface area contributed by atoms with Crippen LogP contribution in [0.3, 0.4) is 0 Å². The molecule has 0 amide bonds. The summed E-state index contributed by atoms with van der Waals surface area (Å²) in [4.78, 5) is 0. The normalized spacial score (nSPS) is 30.7. The van der Waals surface area contributed by atoms with Crippen LogP contribution >= 0.6 is 15.9 Å². The van der Waals surface area contributed by atoms with Crippen LogP contribution in [-0.4, -0.2) is 6.04 Å². The Kier molecular flexibility index (Phi) is 5.00. The molecule has 0 heterocycles. The van der Waals surface area contributed by atoms with Gasteiger partial charge in [0.1, 0.15) is 5.82 Å². The highest BCUT2D eigenvalue weighted by atomic mass is 79.9. The number of benzene rings is 1. The molecule has 2 N–H and O–H groups in total. The van der Waals surface area contributed by atoms with Crippen LogP contribution in [-0.2, 0) is 6.42 Å². The molecule has 2 aliphatic carbocycles. The zero-order valence-corrected chi connectivity index (χ0v) is 14.1. The van der Waals surface area contributed by atoms with Gasteiger partial charge in [-0.2, -0.15) is 0 Å². The number of rotatable bonds is 3. The van der Waals surface area contributed by atoms with Crippen molar-refractivity contribution in [3.63, 3.8) is 0 Å². The highest BCUT2D eigenvalue weighted by Gasteiger charge is 2.34. The minimum atomic E-state index is -0.185. The van der Waals surface area contributed by atoms with Crippen LogP contribution in [0.15, 0.2) is 22.7 Å². The van der Waals surface area contributed by atoms with Crippen LogP contribution in [0.25, 0.3) is 0 Å². The fourth-order valence-electron chi connectivity index (χ4n) is 4.43. The second kappa shape index (κ2) is 6.78. The molecule has 4 atom stereocenters. The lowest BCUT2D eigenvalue weighted by atomic mass is 9.66. The van der Waals surface area contributed by atoms with E-state index in [1.165, 1.54) is 51.0 Å². The largest absolute Gasteiger partial charge is 0.327 e. The van der Waals surface area contributed by atoms with Gasteiger partial charge in [0, 0.05) is 6.04 Å². The molecule has 2 saturated carbocycles. The first kappa shape index (κ1) is 15.5. The Bertz CT molecular complexity index is 490. The van der Waals surface area contributed by atoms with E-state index < -0.39 is 0 Å². The molecule has 2 aliphatic rings. The molecule has 0 radical (unpaired) electrons. The standard InChI is InChI=1S/C18H25BrFN/c19-18-15(6-3-7-16(18)20)11-17(21)14-9-8-12-4-1-2-5-13(12)10-14/h3,6-7,12-14,17H,1-2,4-5,8-11,21H2. The van der Waals surface area contributed by atoms with E-state index >= 15 is 0 Å². The van der Waals surface area contributed by atoms with E-state index in [1.54, 1.807) is 6.07 Å². The summed E-state index contributed by atoms with van der Waals surface area (Å²) in [5.74, 6) is 2.29. The lowest BCUT2D eigenvalue weighted by molar-refractivity contribution is 0.117. The summed E-state index contributed by atoms with van der Waals surface area (Å²) in [5.41, 5.74) is 7.49. The number of hydrogen-bond donors (Lipinski definition) is 1. The maximum absolute atomic E-state index is 13.6. The van der Waals surface area contributed by atoms with Crippen LogP contribution in [0.4, 0.5) is 4.39 Å². The van der Waals surface area contributed by atoms with Gasteiger partial charge in [-0.15, -0.1) is 0 Å². The van der Waals surface area contributed by atoms with Crippen molar-refractivity contribution < 1.29 is 4.39 Å². The Morgan fingerprint density at radius 3 is 2.71 bits per heavy atom. The predicted molar refractivity (Wildman–Crippen MR) is 88.6 cm³/mol. The second-order valence-corrected chi connectivity index (χ2v) is 7.75. The van der Waals surface area contributed by atoms with Gasteiger partial charge >= 0.3 is 0 Å². The highest BCUT2D eigenvalue weighted by Crippen LogP contribution is 2.43. The summed E-state index contributed by atoms with van der Waals surface area (Å²) in [7, 11) is 0. The third-order valence-corrected chi connectivity index (χ3v) is 6.56. The first-order valence-corrected chi connectivity index (χ1v) is 9.13. The van der Waals surface area contributed by atoms with Crippen molar-refractivity contribution >= 4 is 15.9 Å². The van der Waals surface area contributed by atoms with Crippen molar-refractivity contribution in [2.45, 2.75) is 57.4 Å². The van der Waals surface area contributed by atoms with Gasteiger partial charge < -0.3 is 5.73 Å². The van der Waals surface area contributed by atoms with Gasteiger partial charge in [0.15, 0.2) is 0 Å². The highest BCUT2D eigenvalue weighted by molar-refractivity contribution is 9.10. The van der Waals surface area contributed by atoms with Gasteiger partial charge in [-0.05, 0) is 71.0 Å². The van der Waals surface area contributed by atoms with E-state index in [1.807, 2.05) is 6.07 Å². The number of halogens is 2. The molecular formula is C18H25BrFN. The summed E-state index contributed by atoms with van der Waals surface area (Å²) < 4.78 is 14.2. The number of hydrogen-bond acceptors (Lipinski definition) is 1. The Balaban J connectivity index is 1.63. The van der Waals surface area contributed by atoms with Crippen LogP contribution < -0.4 is 5.73 Å². The average molecular weight is 354 g/mol. The zero-order valence-electron chi connectivity index (χ0n) is 12.5. The Labute approximate surface area is 135 Å². The first-order valence-electron chi connectivity index (χ1n) is 8.33. The minimum absolute atomic E-state index is 0.158. The molecule has 0 bridgehead atoms. The third kappa shape index (κ3) is 3.50. The van der Waals surface area contributed by atoms with E-state index in [9.17, 15) is 4.39 Å². The van der Waals surface area contributed by atoms with Crippen molar-refractivity contribution in [1.82, 2.24) is 0 Å². The lowest BCUT2D eigenvalue weighted by Gasteiger charge is -2.41. The smallest absolute Gasteiger partial charge is 0.137 e. The van der Waals surface area contributed by atoms with Crippen molar-refractivity contribution in [3.05, 3.63) is 34.1 Å². The van der Waals surface area contributed by atoms with Crippen LogP contribution in [0, 0.1) is 23.6 Å². The van der Waals surface area contributed by atoms with Gasteiger partial charge in [0.05, 0.1) is 4.47 Å². The van der Waals surface area contributed by atoms with E-state index in [2.05, 4.69) is 15.9 Å². The summed E-state index contributed by atoms with van der Waals surface area (Å²) in [6, 6.07) is 5.41. The van der Waals surface area contributed by atoms with Gasteiger partial charge in [-0.25, -0.2) is 4.39 Å². The summed E-state index contributed by atoms with van der Waals surface area (Å²) in [6.07, 6.45) is 10.3. The molecule has 1 aromatic carbocycles. The molecule has 0 saturated heterocycles. The molecule has 4 unspecified atom stereocenters. The third-order valence-electron chi connectivity index (χ3n) is 5.67. The molecule has 0 aromatic heterocycles. The lowest BCUT2D eigenvalue weighted by Crippen LogP contribution is -2.39. The summed E-state index contributed by atoms with van der Waals surface area (Å²) in [6.45, 7) is 0. The Hall–Kier alpha value is -0.410. The van der Waals surface area contributed by atoms with Gasteiger partial charge in [-0.3, -0.25) is 0 Å². The SMILES string of the molecule is NC(Cc1cccc(F)c1Br)C1CCC2CCCCC2C1. The fourth-order valence-corrected chi connectivity index (χ4v) is 4.85. The Morgan fingerprint density at radius 2 is 1.90 bits per heavy atom. The van der Waals surface area contributed by atoms with Gasteiger partial charge in [-0.1, -0.05) is 37.8 Å². The Morgan fingerprint density at radius 1 is 1.14 bits per heavy atom. The average Bonchev–Trinajstić information content (AvgIpc) is 2.51. The topological polar surface area (TPSA) is 26.0 Å². The molecule has 116 valence electrons. The van der Waals surface area contributed by atoms with Crippen molar-refractivity contribution in [2.24, 2.45) is 23.5 Å². The van der Waals surface area contributed by atoms with E-state index in [-0.39, 0.29) is 11.9 Å². The molecule has 1 aromatic rings. The van der Waals surface area contributed by atoms with E-state index in [4.69, 9.17) is 5.73 Å². The van der Waals surface area contributed by atoms with Crippen molar-refractivity contribution in [3.8, 4) is 0 Å². The molecule has 1 nitrogen and oxygen atoms in total. The van der Waals surface area contributed by atoms with E-state index in [0.29, 0.717) is 10.4 Å². The fraction of sp³-hybridized carbons (Fsp3) is 0.667. The second-order valence-electron chi connectivity index (χ2n) is 6.96. The maximum Gasteiger partial charge on any atom is 0.137 e. The first-order chi connectivity index (χ1) is 10.1. The maximum atomic E-state index is 13.6.